The first kappa shape index (κ1) is 17.7. The smallest absolute Gasteiger partial charge is 0.229 e. The first-order valence-electron chi connectivity index (χ1n) is 8.74. The van der Waals surface area contributed by atoms with Crippen LogP contribution in [0.15, 0.2) is 48.7 Å². The highest BCUT2D eigenvalue weighted by Gasteiger charge is 2.12. The van der Waals surface area contributed by atoms with Gasteiger partial charge in [-0.3, -0.25) is 0 Å². The summed E-state index contributed by atoms with van der Waals surface area (Å²) in [6.07, 6.45) is 1.67. The van der Waals surface area contributed by atoms with Gasteiger partial charge in [-0.05, 0) is 30.3 Å². The Morgan fingerprint density at radius 1 is 0.893 bits per heavy atom. The van der Waals surface area contributed by atoms with Crippen LogP contribution in [0.1, 0.15) is 0 Å². The zero-order valence-electron chi connectivity index (χ0n) is 15.6. The molecule has 0 unspecified atom stereocenters. The Balaban J connectivity index is 1.52. The van der Waals surface area contributed by atoms with Crippen molar-refractivity contribution in [2.45, 2.75) is 0 Å². The van der Waals surface area contributed by atoms with Crippen molar-refractivity contribution in [2.75, 3.05) is 38.1 Å². The van der Waals surface area contributed by atoms with Gasteiger partial charge in [0.2, 0.25) is 5.95 Å². The Morgan fingerprint density at radius 3 is 2.57 bits per heavy atom. The number of aromatic nitrogens is 2. The van der Waals surface area contributed by atoms with Crippen LogP contribution >= 0.6 is 0 Å². The predicted molar refractivity (Wildman–Crippen MR) is 106 cm³/mol. The van der Waals surface area contributed by atoms with Gasteiger partial charge in [0.1, 0.15) is 30.5 Å². The number of nitrogens with one attached hydrogen (secondary N) is 2. The number of fused-ring (bicyclic) bond motifs is 1. The summed E-state index contributed by atoms with van der Waals surface area (Å²) in [4.78, 5) is 8.77. The van der Waals surface area contributed by atoms with E-state index in [2.05, 4.69) is 20.6 Å². The topological polar surface area (TPSA) is 86.8 Å². The van der Waals surface area contributed by atoms with Crippen molar-refractivity contribution in [3.8, 4) is 23.0 Å². The van der Waals surface area contributed by atoms with Crippen molar-refractivity contribution in [1.29, 1.82) is 0 Å². The number of rotatable bonds is 6. The zero-order valence-corrected chi connectivity index (χ0v) is 15.6. The number of hydrogen-bond acceptors (Lipinski definition) is 8. The molecule has 1 aromatic heterocycles. The summed E-state index contributed by atoms with van der Waals surface area (Å²) in [5.74, 6) is 3.88. The lowest BCUT2D eigenvalue weighted by Gasteiger charge is -2.19. The molecule has 2 heterocycles. The van der Waals surface area contributed by atoms with Gasteiger partial charge >= 0.3 is 0 Å². The lowest BCUT2D eigenvalue weighted by Crippen LogP contribution is -2.15. The molecule has 0 radical (unpaired) electrons. The molecule has 2 aromatic carbocycles. The molecule has 0 saturated carbocycles. The second kappa shape index (κ2) is 7.91. The van der Waals surface area contributed by atoms with Gasteiger partial charge < -0.3 is 29.6 Å². The molecule has 144 valence electrons. The second-order valence-corrected chi connectivity index (χ2v) is 5.94. The van der Waals surface area contributed by atoms with E-state index in [4.69, 9.17) is 18.9 Å². The molecule has 0 amide bonds. The van der Waals surface area contributed by atoms with E-state index in [1.807, 2.05) is 30.3 Å². The summed E-state index contributed by atoms with van der Waals surface area (Å²) in [6, 6.07) is 12.9. The fourth-order valence-electron chi connectivity index (χ4n) is 2.78. The third-order valence-corrected chi connectivity index (χ3v) is 4.13. The van der Waals surface area contributed by atoms with Crippen molar-refractivity contribution in [1.82, 2.24) is 9.97 Å². The highest BCUT2D eigenvalue weighted by Crippen LogP contribution is 2.34. The van der Waals surface area contributed by atoms with Crippen LogP contribution in [0.2, 0.25) is 0 Å². The molecule has 0 atom stereocenters. The average Bonchev–Trinajstić information content (AvgIpc) is 2.74. The maximum Gasteiger partial charge on any atom is 0.229 e. The van der Waals surface area contributed by atoms with Crippen molar-refractivity contribution in [3.05, 3.63) is 48.7 Å². The van der Waals surface area contributed by atoms with Crippen LogP contribution in [0.4, 0.5) is 23.1 Å². The number of nitrogens with zero attached hydrogens (tertiary/aromatic N) is 2. The highest BCUT2D eigenvalue weighted by atomic mass is 16.6. The molecular weight excluding hydrogens is 360 g/mol. The molecule has 3 aromatic rings. The summed E-state index contributed by atoms with van der Waals surface area (Å²) < 4.78 is 21.8. The highest BCUT2D eigenvalue weighted by molar-refractivity contribution is 5.67. The summed E-state index contributed by atoms with van der Waals surface area (Å²) in [7, 11) is 3.22. The van der Waals surface area contributed by atoms with Crippen LogP contribution in [0, 0.1) is 0 Å². The van der Waals surface area contributed by atoms with E-state index in [-0.39, 0.29) is 0 Å². The number of hydrogen-bond donors (Lipinski definition) is 2. The first-order valence-corrected chi connectivity index (χ1v) is 8.74. The van der Waals surface area contributed by atoms with Gasteiger partial charge in [0.25, 0.3) is 0 Å². The van der Waals surface area contributed by atoms with Gasteiger partial charge in [0, 0.05) is 24.0 Å². The average molecular weight is 380 g/mol. The quantitative estimate of drug-likeness (QED) is 0.669. The van der Waals surface area contributed by atoms with Crippen LogP contribution in [0.5, 0.6) is 23.0 Å². The van der Waals surface area contributed by atoms with Crippen LogP contribution < -0.4 is 29.6 Å². The number of methoxy groups -OCH3 is 2. The zero-order chi connectivity index (χ0) is 19.3. The normalized spacial score (nSPS) is 12.2. The molecule has 1 aliphatic rings. The molecule has 8 nitrogen and oxygen atoms in total. The molecule has 2 N–H and O–H groups in total. The van der Waals surface area contributed by atoms with E-state index in [0.717, 1.165) is 17.1 Å². The first-order chi connectivity index (χ1) is 13.7. The summed E-state index contributed by atoms with van der Waals surface area (Å²) in [5.41, 5.74) is 1.58. The molecule has 4 rings (SSSR count). The molecule has 0 fully saturated rings. The minimum atomic E-state index is 0.453. The minimum absolute atomic E-state index is 0.453. The lowest BCUT2D eigenvalue weighted by atomic mass is 10.2. The molecule has 0 aliphatic carbocycles. The van der Waals surface area contributed by atoms with E-state index in [1.165, 1.54) is 0 Å². The van der Waals surface area contributed by atoms with Gasteiger partial charge in [0.15, 0.2) is 11.5 Å². The Hall–Kier alpha value is -3.68. The van der Waals surface area contributed by atoms with Crippen molar-refractivity contribution in [2.24, 2.45) is 0 Å². The largest absolute Gasteiger partial charge is 0.497 e. The minimum Gasteiger partial charge on any atom is -0.497 e. The van der Waals surface area contributed by atoms with Crippen LogP contribution in [-0.2, 0) is 0 Å². The number of anilines is 4. The van der Waals surface area contributed by atoms with Gasteiger partial charge in [0.05, 0.1) is 19.9 Å². The predicted octanol–water partition coefficient (Wildman–Crippen LogP) is 3.75. The molecule has 0 saturated heterocycles. The standard InChI is InChI=1S/C20H20N4O4/c1-25-14-4-5-15(17(12-14)26-2)23-19-7-8-21-20(24-19)22-13-3-6-16-18(11-13)28-10-9-27-16/h3-8,11-12H,9-10H2,1-2H3,(H2,21,22,23,24). The second-order valence-electron chi connectivity index (χ2n) is 5.94. The Labute approximate surface area is 162 Å². The number of benzene rings is 2. The van der Waals surface area contributed by atoms with E-state index in [0.29, 0.717) is 42.2 Å². The third kappa shape index (κ3) is 3.85. The summed E-state index contributed by atoms with van der Waals surface area (Å²) in [5, 5.41) is 6.41. The van der Waals surface area contributed by atoms with Gasteiger partial charge in [-0.1, -0.05) is 0 Å². The van der Waals surface area contributed by atoms with Crippen molar-refractivity contribution < 1.29 is 18.9 Å². The molecule has 28 heavy (non-hydrogen) atoms. The van der Waals surface area contributed by atoms with Crippen molar-refractivity contribution >= 4 is 23.1 Å². The monoisotopic (exact) mass is 380 g/mol. The van der Waals surface area contributed by atoms with Gasteiger partial charge in [-0.15, -0.1) is 0 Å². The van der Waals surface area contributed by atoms with Crippen LogP contribution in [0.3, 0.4) is 0 Å². The van der Waals surface area contributed by atoms with Crippen LogP contribution in [-0.4, -0.2) is 37.4 Å². The van der Waals surface area contributed by atoms with Gasteiger partial charge in [-0.25, -0.2) is 4.98 Å². The summed E-state index contributed by atoms with van der Waals surface area (Å²) in [6.45, 7) is 1.10. The molecule has 0 bridgehead atoms. The number of ether oxygens (including phenoxy) is 4. The Kier molecular flexibility index (Phi) is 5.01. The molecule has 0 spiro atoms. The fraction of sp³-hybridized carbons (Fsp3) is 0.200. The molecular formula is C20H20N4O4. The van der Waals surface area contributed by atoms with Gasteiger partial charge in [-0.2, -0.15) is 4.98 Å². The molecule has 1 aliphatic heterocycles. The van der Waals surface area contributed by atoms with E-state index < -0.39 is 0 Å². The van der Waals surface area contributed by atoms with E-state index in [9.17, 15) is 0 Å². The van der Waals surface area contributed by atoms with E-state index in [1.54, 1.807) is 32.5 Å². The maximum absolute atomic E-state index is 5.61. The Morgan fingerprint density at radius 2 is 1.75 bits per heavy atom. The van der Waals surface area contributed by atoms with Crippen LogP contribution in [0.25, 0.3) is 0 Å². The fourth-order valence-corrected chi connectivity index (χ4v) is 2.78. The Bertz CT molecular complexity index is 980. The van der Waals surface area contributed by atoms with Crippen molar-refractivity contribution in [3.63, 3.8) is 0 Å². The molecule has 8 heteroatoms. The SMILES string of the molecule is COc1ccc(Nc2ccnc(Nc3ccc4c(c3)OCCO4)n2)c(OC)c1. The third-order valence-electron chi connectivity index (χ3n) is 4.13. The van der Waals surface area contributed by atoms with E-state index >= 15 is 0 Å². The summed E-state index contributed by atoms with van der Waals surface area (Å²) >= 11 is 0. The maximum atomic E-state index is 5.61. The lowest BCUT2D eigenvalue weighted by molar-refractivity contribution is 0.171.